The highest BCUT2D eigenvalue weighted by Gasteiger charge is 2.17. The van der Waals surface area contributed by atoms with Crippen LogP contribution < -0.4 is 0 Å². The van der Waals surface area contributed by atoms with E-state index in [1.807, 2.05) is 26.4 Å². The van der Waals surface area contributed by atoms with Crippen LogP contribution in [0.4, 0.5) is 0 Å². The first-order chi connectivity index (χ1) is 9.06. The van der Waals surface area contributed by atoms with E-state index in [1.165, 1.54) is 5.56 Å². The summed E-state index contributed by atoms with van der Waals surface area (Å²) in [7, 11) is 1.90. The lowest BCUT2D eigenvalue weighted by Crippen LogP contribution is -2.00. The Bertz CT molecular complexity index is 739. The zero-order chi connectivity index (χ0) is 13.6. The van der Waals surface area contributed by atoms with Gasteiger partial charge in [0.05, 0.1) is 28.3 Å². The summed E-state index contributed by atoms with van der Waals surface area (Å²) in [5.74, 6) is 0.843. The van der Waals surface area contributed by atoms with Crippen molar-refractivity contribution in [3.63, 3.8) is 0 Å². The lowest BCUT2D eigenvalue weighted by atomic mass is 10.2. The predicted octanol–water partition coefficient (Wildman–Crippen LogP) is 3.37. The molecule has 1 unspecified atom stereocenters. The van der Waals surface area contributed by atoms with Crippen LogP contribution in [0.5, 0.6) is 0 Å². The minimum Gasteiger partial charge on any atom is -0.292 e. The van der Waals surface area contributed by atoms with E-state index in [0.717, 1.165) is 22.5 Å². The number of fused-ring (bicyclic) bond motifs is 1. The van der Waals surface area contributed by atoms with Gasteiger partial charge in [-0.1, -0.05) is 6.07 Å². The summed E-state index contributed by atoms with van der Waals surface area (Å²) >= 11 is 6.27. The van der Waals surface area contributed by atoms with Crippen molar-refractivity contribution < 1.29 is 0 Å². The van der Waals surface area contributed by atoms with E-state index in [9.17, 15) is 0 Å². The molecule has 0 saturated carbocycles. The summed E-state index contributed by atoms with van der Waals surface area (Å²) in [6.45, 7) is 3.99. The maximum absolute atomic E-state index is 6.27. The fraction of sp³-hybridized carbons (Fsp3) is 0.286. The molecule has 0 amide bonds. The second-order valence-corrected chi connectivity index (χ2v) is 5.44. The molecule has 3 aromatic rings. The van der Waals surface area contributed by atoms with Crippen molar-refractivity contribution in [3.05, 3.63) is 42.0 Å². The second-order valence-electron chi connectivity index (χ2n) is 4.79. The minimum absolute atomic E-state index is 0.159. The van der Waals surface area contributed by atoms with Gasteiger partial charge in [0.1, 0.15) is 5.82 Å². The molecule has 5 heteroatoms. The maximum Gasteiger partial charge on any atom is 0.132 e. The average molecular weight is 275 g/mol. The highest BCUT2D eigenvalue weighted by atomic mass is 35.5. The Morgan fingerprint density at radius 2 is 2.11 bits per heavy atom. The first kappa shape index (κ1) is 12.2. The van der Waals surface area contributed by atoms with E-state index in [2.05, 4.69) is 39.8 Å². The van der Waals surface area contributed by atoms with Crippen molar-refractivity contribution in [2.75, 3.05) is 0 Å². The third kappa shape index (κ3) is 2.02. The van der Waals surface area contributed by atoms with Crippen LogP contribution in [0.1, 0.15) is 23.7 Å². The number of alkyl halides is 1. The molecule has 1 atom stereocenters. The Balaban J connectivity index is 2.34. The lowest BCUT2D eigenvalue weighted by molar-refractivity contribution is 0.767. The fourth-order valence-corrected chi connectivity index (χ4v) is 2.42. The molecular weight excluding hydrogens is 260 g/mol. The zero-order valence-corrected chi connectivity index (χ0v) is 11.9. The van der Waals surface area contributed by atoms with Crippen molar-refractivity contribution in [2.24, 2.45) is 7.05 Å². The molecule has 98 valence electrons. The fourth-order valence-electron chi connectivity index (χ4n) is 2.27. The van der Waals surface area contributed by atoms with Gasteiger partial charge in [0.25, 0.3) is 0 Å². The molecule has 0 saturated heterocycles. The number of hydrogen-bond donors (Lipinski definition) is 0. The summed E-state index contributed by atoms with van der Waals surface area (Å²) in [5, 5.41) is 4.06. The minimum atomic E-state index is -0.159. The van der Waals surface area contributed by atoms with E-state index in [0.29, 0.717) is 0 Å². The predicted molar refractivity (Wildman–Crippen MR) is 76.8 cm³/mol. The van der Waals surface area contributed by atoms with Crippen molar-refractivity contribution in [1.29, 1.82) is 0 Å². The molecule has 0 fully saturated rings. The van der Waals surface area contributed by atoms with Gasteiger partial charge in [0.15, 0.2) is 0 Å². The highest BCUT2D eigenvalue weighted by molar-refractivity contribution is 6.20. The van der Waals surface area contributed by atoms with Crippen molar-refractivity contribution in [2.45, 2.75) is 19.2 Å². The van der Waals surface area contributed by atoms with E-state index in [4.69, 9.17) is 11.6 Å². The van der Waals surface area contributed by atoms with Crippen LogP contribution in [0.3, 0.4) is 0 Å². The summed E-state index contributed by atoms with van der Waals surface area (Å²) in [4.78, 5) is 4.65. The first-order valence-corrected chi connectivity index (χ1v) is 6.62. The molecule has 0 radical (unpaired) electrons. The van der Waals surface area contributed by atoms with Crippen LogP contribution in [0.2, 0.25) is 0 Å². The molecule has 2 aromatic heterocycles. The zero-order valence-electron chi connectivity index (χ0n) is 11.1. The third-order valence-electron chi connectivity index (χ3n) is 3.14. The largest absolute Gasteiger partial charge is 0.292 e. The number of halogens is 1. The number of nitrogens with zero attached hydrogens (tertiary/aromatic N) is 4. The number of benzene rings is 1. The molecule has 0 aliphatic heterocycles. The van der Waals surface area contributed by atoms with Gasteiger partial charge in [-0.3, -0.25) is 9.25 Å². The van der Waals surface area contributed by atoms with Crippen molar-refractivity contribution in [1.82, 2.24) is 19.3 Å². The van der Waals surface area contributed by atoms with Crippen molar-refractivity contribution in [3.8, 4) is 5.69 Å². The smallest absolute Gasteiger partial charge is 0.132 e. The normalized spacial score (nSPS) is 13.1. The second kappa shape index (κ2) is 4.38. The van der Waals surface area contributed by atoms with Crippen molar-refractivity contribution >= 4 is 22.6 Å². The SMILES string of the molecule is Cc1ccc2c(c1)nc(C(C)Cl)n2-c1cnn(C)c1. The van der Waals surface area contributed by atoms with Gasteiger partial charge in [-0.15, -0.1) is 11.6 Å². The van der Waals surface area contributed by atoms with E-state index >= 15 is 0 Å². The van der Waals surface area contributed by atoms with Crippen LogP contribution in [0, 0.1) is 6.92 Å². The summed E-state index contributed by atoms with van der Waals surface area (Å²) in [5.41, 5.74) is 4.20. The molecule has 0 bridgehead atoms. The molecule has 19 heavy (non-hydrogen) atoms. The summed E-state index contributed by atoms with van der Waals surface area (Å²) in [6.07, 6.45) is 3.79. The maximum atomic E-state index is 6.27. The van der Waals surface area contributed by atoms with Crippen LogP contribution in [0.15, 0.2) is 30.6 Å². The standard InChI is InChI=1S/C14H15ClN4/c1-9-4-5-13-12(6-9)17-14(10(2)15)19(13)11-7-16-18(3)8-11/h4-8,10H,1-3H3. The number of imidazole rings is 1. The lowest BCUT2D eigenvalue weighted by Gasteiger charge is -2.07. The van der Waals surface area contributed by atoms with Gasteiger partial charge >= 0.3 is 0 Å². The quantitative estimate of drug-likeness (QED) is 0.672. The van der Waals surface area contributed by atoms with Gasteiger partial charge in [-0.2, -0.15) is 5.10 Å². The Kier molecular flexibility index (Phi) is 2.82. The Morgan fingerprint density at radius 3 is 2.74 bits per heavy atom. The van der Waals surface area contributed by atoms with Gasteiger partial charge in [0.2, 0.25) is 0 Å². The first-order valence-electron chi connectivity index (χ1n) is 6.18. The monoisotopic (exact) mass is 274 g/mol. The van der Waals surface area contributed by atoms with E-state index in [1.54, 1.807) is 4.68 Å². The highest BCUT2D eigenvalue weighted by Crippen LogP contribution is 2.28. The summed E-state index contributed by atoms with van der Waals surface area (Å²) in [6, 6.07) is 6.23. The molecule has 4 nitrogen and oxygen atoms in total. The molecule has 0 aliphatic carbocycles. The van der Waals surface area contributed by atoms with Gasteiger partial charge in [-0.05, 0) is 31.5 Å². The van der Waals surface area contributed by atoms with Gasteiger partial charge < -0.3 is 0 Å². The van der Waals surface area contributed by atoms with Gasteiger partial charge in [-0.25, -0.2) is 4.98 Å². The van der Waals surface area contributed by atoms with E-state index in [-0.39, 0.29) is 5.38 Å². The number of hydrogen-bond acceptors (Lipinski definition) is 2. The molecule has 0 spiro atoms. The summed E-state index contributed by atoms with van der Waals surface area (Å²) < 4.78 is 3.84. The molecule has 2 heterocycles. The molecule has 1 aromatic carbocycles. The number of aryl methyl sites for hydroxylation is 2. The van der Waals surface area contributed by atoms with Gasteiger partial charge in [0, 0.05) is 13.2 Å². The van der Waals surface area contributed by atoms with Crippen LogP contribution in [-0.2, 0) is 7.05 Å². The Hall–Kier alpha value is -1.81. The van der Waals surface area contributed by atoms with Crippen LogP contribution in [0.25, 0.3) is 16.7 Å². The molecule has 3 rings (SSSR count). The molecule has 0 N–H and O–H groups in total. The topological polar surface area (TPSA) is 35.6 Å². The third-order valence-corrected chi connectivity index (χ3v) is 3.34. The van der Waals surface area contributed by atoms with Crippen LogP contribution in [-0.4, -0.2) is 19.3 Å². The Labute approximate surface area is 116 Å². The Morgan fingerprint density at radius 1 is 1.32 bits per heavy atom. The average Bonchev–Trinajstić information content (AvgIpc) is 2.91. The number of rotatable bonds is 2. The molecule has 0 aliphatic rings. The number of aromatic nitrogens is 4. The van der Waals surface area contributed by atoms with Crippen LogP contribution >= 0.6 is 11.6 Å². The van der Waals surface area contributed by atoms with E-state index < -0.39 is 0 Å². The molecular formula is C14H15ClN4.